The maximum absolute atomic E-state index is 10.8. The van der Waals surface area contributed by atoms with Crippen LogP contribution in [0.15, 0.2) is 48.5 Å². The van der Waals surface area contributed by atoms with E-state index in [0.29, 0.717) is 12.2 Å². The highest BCUT2D eigenvalue weighted by molar-refractivity contribution is 5.87. The summed E-state index contributed by atoms with van der Waals surface area (Å²) in [7, 11) is 2.05. The second-order valence-electron chi connectivity index (χ2n) is 5.71. The molecule has 0 saturated carbocycles. The number of aryl methyl sites for hydroxylation is 1. The normalized spacial score (nSPS) is 10.7. The van der Waals surface area contributed by atoms with E-state index in [4.69, 9.17) is 9.84 Å². The molecule has 0 bridgehead atoms. The Balaban J connectivity index is 1.71. The van der Waals surface area contributed by atoms with E-state index in [1.807, 2.05) is 43.3 Å². The quantitative estimate of drug-likeness (QED) is 0.757. The van der Waals surface area contributed by atoms with Gasteiger partial charge in [0.05, 0.1) is 12.2 Å². The van der Waals surface area contributed by atoms with E-state index in [0.717, 1.165) is 36.4 Å². The van der Waals surface area contributed by atoms with Crippen LogP contribution >= 0.6 is 0 Å². The molecule has 1 N–H and O–H groups in total. The smallest absolute Gasteiger partial charge is 0.335 e. The summed E-state index contributed by atoms with van der Waals surface area (Å²) in [4.78, 5) is 13.0. The highest BCUT2D eigenvalue weighted by atomic mass is 16.5. The molecule has 2 rings (SSSR count). The van der Waals surface area contributed by atoms with Crippen molar-refractivity contribution in [3.8, 4) is 5.75 Å². The van der Waals surface area contributed by atoms with Gasteiger partial charge in [-0.05, 0) is 49.7 Å². The Labute approximate surface area is 137 Å². The molecule has 23 heavy (non-hydrogen) atoms. The van der Waals surface area contributed by atoms with Crippen LogP contribution in [0.5, 0.6) is 5.75 Å². The summed E-state index contributed by atoms with van der Waals surface area (Å²) in [6.45, 7) is 4.45. The van der Waals surface area contributed by atoms with Crippen molar-refractivity contribution in [2.45, 2.75) is 19.9 Å². The van der Waals surface area contributed by atoms with Crippen LogP contribution in [0.4, 0.5) is 0 Å². The van der Waals surface area contributed by atoms with Gasteiger partial charge in [-0.2, -0.15) is 0 Å². The number of carboxylic acid groups (broad SMARTS) is 1. The van der Waals surface area contributed by atoms with E-state index in [2.05, 4.69) is 11.9 Å². The fourth-order valence-corrected chi connectivity index (χ4v) is 2.38. The van der Waals surface area contributed by atoms with Crippen molar-refractivity contribution in [2.24, 2.45) is 0 Å². The predicted molar refractivity (Wildman–Crippen MR) is 91.0 cm³/mol. The zero-order chi connectivity index (χ0) is 16.7. The van der Waals surface area contributed by atoms with Crippen molar-refractivity contribution in [1.29, 1.82) is 0 Å². The first-order chi connectivity index (χ1) is 11.1. The van der Waals surface area contributed by atoms with Crippen LogP contribution in [0.3, 0.4) is 0 Å². The molecular weight excluding hydrogens is 290 g/mol. The van der Waals surface area contributed by atoms with Crippen molar-refractivity contribution in [1.82, 2.24) is 4.90 Å². The van der Waals surface area contributed by atoms with Gasteiger partial charge in [0, 0.05) is 13.1 Å². The lowest BCUT2D eigenvalue weighted by Gasteiger charge is -2.17. The van der Waals surface area contributed by atoms with E-state index in [1.54, 1.807) is 12.1 Å². The standard InChI is InChI=1S/C19H23NO3/c1-15-6-3-4-7-18(15)23-13-5-12-20(2)14-16-8-10-17(11-9-16)19(21)22/h3-4,6-11H,5,12-14H2,1-2H3,(H,21,22). The Kier molecular flexibility index (Phi) is 6.18. The van der Waals surface area contributed by atoms with Crippen molar-refractivity contribution in [2.75, 3.05) is 20.2 Å². The first kappa shape index (κ1) is 17.0. The van der Waals surface area contributed by atoms with Gasteiger partial charge in [0.1, 0.15) is 5.75 Å². The highest BCUT2D eigenvalue weighted by Crippen LogP contribution is 2.16. The van der Waals surface area contributed by atoms with Gasteiger partial charge in [-0.3, -0.25) is 0 Å². The fraction of sp³-hybridized carbons (Fsp3) is 0.316. The Morgan fingerprint density at radius 2 is 1.83 bits per heavy atom. The van der Waals surface area contributed by atoms with Gasteiger partial charge in [-0.25, -0.2) is 4.79 Å². The zero-order valence-electron chi connectivity index (χ0n) is 13.7. The Bertz CT molecular complexity index is 637. The lowest BCUT2D eigenvalue weighted by Crippen LogP contribution is -2.20. The minimum absolute atomic E-state index is 0.322. The highest BCUT2D eigenvalue weighted by Gasteiger charge is 2.04. The first-order valence-electron chi connectivity index (χ1n) is 7.75. The number of hydrogen-bond acceptors (Lipinski definition) is 3. The average Bonchev–Trinajstić information content (AvgIpc) is 2.53. The molecule has 0 amide bonds. The zero-order valence-corrected chi connectivity index (χ0v) is 13.7. The largest absolute Gasteiger partial charge is 0.493 e. The summed E-state index contributed by atoms with van der Waals surface area (Å²) in [6, 6.07) is 15.0. The van der Waals surface area contributed by atoms with Crippen molar-refractivity contribution in [3.63, 3.8) is 0 Å². The molecule has 0 saturated heterocycles. The minimum atomic E-state index is -0.891. The van der Waals surface area contributed by atoms with Gasteiger partial charge in [0.25, 0.3) is 0 Å². The summed E-state index contributed by atoms with van der Waals surface area (Å²) in [5.41, 5.74) is 2.58. The van der Waals surface area contributed by atoms with Gasteiger partial charge in [-0.15, -0.1) is 0 Å². The molecule has 0 radical (unpaired) electrons. The van der Waals surface area contributed by atoms with Crippen LogP contribution < -0.4 is 4.74 Å². The molecule has 2 aromatic rings. The molecule has 0 aromatic heterocycles. The van der Waals surface area contributed by atoms with Gasteiger partial charge in [0.2, 0.25) is 0 Å². The summed E-state index contributed by atoms with van der Waals surface area (Å²) < 4.78 is 5.79. The third-order valence-electron chi connectivity index (χ3n) is 3.69. The molecule has 4 nitrogen and oxygen atoms in total. The summed E-state index contributed by atoms with van der Waals surface area (Å²) in [5, 5.41) is 8.89. The number of nitrogens with zero attached hydrogens (tertiary/aromatic N) is 1. The molecule has 0 spiro atoms. The van der Waals surface area contributed by atoms with Crippen LogP contribution in [0.2, 0.25) is 0 Å². The van der Waals surface area contributed by atoms with Crippen LogP contribution in [0.1, 0.15) is 27.9 Å². The van der Waals surface area contributed by atoms with E-state index in [-0.39, 0.29) is 0 Å². The molecule has 0 aliphatic rings. The second-order valence-corrected chi connectivity index (χ2v) is 5.71. The molecule has 0 fully saturated rings. The molecule has 0 heterocycles. The number of benzene rings is 2. The van der Waals surface area contributed by atoms with E-state index >= 15 is 0 Å². The number of para-hydroxylation sites is 1. The SMILES string of the molecule is Cc1ccccc1OCCCN(C)Cc1ccc(C(=O)O)cc1. The van der Waals surface area contributed by atoms with Crippen molar-refractivity contribution < 1.29 is 14.6 Å². The Morgan fingerprint density at radius 3 is 2.48 bits per heavy atom. The molecule has 0 unspecified atom stereocenters. The van der Waals surface area contributed by atoms with Gasteiger partial charge >= 0.3 is 5.97 Å². The third kappa shape index (κ3) is 5.42. The number of hydrogen-bond donors (Lipinski definition) is 1. The molecular formula is C19H23NO3. The number of carbonyl (C=O) groups is 1. The summed E-state index contributed by atoms with van der Waals surface area (Å²) in [5.74, 6) is 0.0534. The average molecular weight is 313 g/mol. The van der Waals surface area contributed by atoms with Gasteiger partial charge < -0.3 is 14.7 Å². The predicted octanol–water partition coefficient (Wildman–Crippen LogP) is 3.59. The number of ether oxygens (including phenoxy) is 1. The van der Waals surface area contributed by atoms with E-state index in [9.17, 15) is 4.79 Å². The lowest BCUT2D eigenvalue weighted by molar-refractivity contribution is 0.0697. The monoisotopic (exact) mass is 313 g/mol. The summed E-state index contributed by atoms with van der Waals surface area (Å²) >= 11 is 0. The minimum Gasteiger partial charge on any atom is -0.493 e. The van der Waals surface area contributed by atoms with Crippen LogP contribution in [-0.2, 0) is 6.54 Å². The van der Waals surface area contributed by atoms with E-state index in [1.165, 1.54) is 0 Å². The topological polar surface area (TPSA) is 49.8 Å². The maximum Gasteiger partial charge on any atom is 0.335 e. The van der Waals surface area contributed by atoms with Crippen molar-refractivity contribution in [3.05, 3.63) is 65.2 Å². The molecule has 122 valence electrons. The Morgan fingerprint density at radius 1 is 1.13 bits per heavy atom. The van der Waals surface area contributed by atoms with E-state index < -0.39 is 5.97 Å². The van der Waals surface area contributed by atoms with Crippen LogP contribution in [-0.4, -0.2) is 36.2 Å². The molecule has 4 heteroatoms. The number of rotatable bonds is 8. The first-order valence-corrected chi connectivity index (χ1v) is 7.75. The number of aromatic carboxylic acids is 1. The van der Waals surface area contributed by atoms with Gasteiger partial charge in [-0.1, -0.05) is 30.3 Å². The second kappa shape index (κ2) is 8.34. The summed E-state index contributed by atoms with van der Waals surface area (Å²) in [6.07, 6.45) is 0.943. The molecule has 0 atom stereocenters. The fourth-order valence-electron chi connectivity index (χ4n) is 2.38. The Hall–Kier alpha value is -2.33. The van der Waals surface area contributed by atoms with Crippen LogP contribution in [0.25, 0.3) is 0 Å². The lowest BCUT2D eigenvalue weighted by atomic mass is 10.1. The molecule has 2 aromatic carbocycles. The van der Waals surface area contributed by atoms with Gasteiger partial charge in [0.15, 0.2) is 0 Å². The van der Waals surface area contributed by atoms with Crippen LogP contribution in [0, 0.1) is 6.92 Å². The number of carboxylic acids is 1. The molecule has 0 aliphatic carbocycles. The maximum atomic E-state index is 10.8. The third-order valence-corrected chi connectivity index (χ3v) is 3.69. The van der Waals surface area contributed by atoms with Crippen molar-refractivity contribution >= 4 is 5.97 Å². The molecule has 0 aliphatic heterocycles.